The standard InChI is InChI=1S/C64H50N4/c1-44-32-35-67-63(37-44)54-22-14-46(15-23-54)10-12-49-39-50(13-11-47-16-24-55(25-17-47)64-38-45(2)33-36-68-64)41-57(40-49)58-7-3-4-8-59(58)60-31-30-56(62-9-5-6-34-66-62)42-61(60)53-28-26-52(27-29-53)51-20-18-48(43-65)19-21-51/h3-9,14-42H,10-13H2,1-2H3. The van der Waals surface area contributed by atoms with Crippen LogP contribution >= 0.6 is 0 Å². The Morgan fingerprint density at radius 1 is 0.324 bits per heavy atom. The molecule has 0 saturated heterocycles. The number of rotatable bonds is 13. The fourth-order valence-corrected chi connectivity index (χ4v) is 9.12. The second-order valence-corrected chi connectivity index (χ2v) is 17.7. The van der Waals surface area contributed by atoms with Gasteiger partial charge in [-0.3, -0.25) is 15.0 Å². The summed E-state index contributed by atoms with van der Waals surface area (Å²) in [4.78, 5) is 14.0. The number of aryl methyl sites for hydroxylation is 6. The van der Waals surface area contributed by atoms with E-state index < -0.39 is 0 Å². The largest absolute Gasteiger partial charge is 0.256 e. The minimum Gasteiger partial charge on any atom is -0.256 e. The van der Waals surface area contributed by atoms with Crippen LogP contribution in [0.2, 0.25) is 0 Å². The molecule has 0 atom stereocenters. The van der Waals surface area contributed by atoms with Crippen molar-refractivity contribution in [1.29, 1.82) is 5.26 Å². The quantitative estimate of drug-likeness (QED) is 0.116. The second-order valence-electron chi connectivity index (χ2n) is 17.7. The number of benzene rings is 7. The Morgan fingerprint density at radius 3 is 1.34 bits per heavy atom. The summed E-state index contributed by atoms with van der Waals surface area (Å²) >= 11 is 0. The minimum atomic E-state index is 0.654. The van der Waals surface area contributed by atoms with Gasteiger partial charge in [0.1, 0.15) is 0 Å². The molecule has 326 valence electrons. The summed E-state index contributed by atoms with van der Waals surface area (Å²) in [6.07, 6.45) is 9.31. The van der Waals surface area contributed by atoms with Crippen molar-refractivity contribution in [1.82, 2.24) is 15.0 Å². The monoisotopic (exact) mass is 874 g/mol. The van der Waals surface area contributed by atoms with E-state index in [4.69, 9.17) is 4.98 Å². The molecule has 0 saturated carbocycles. The van der Waals surface area contributed by atoms with Gasteiger partial charge >= 0.3 is 0 Å². The summed E-state index contributed by atoms with van der Waals surface area (Å²) in [5.74, 6) is 0. The van der Waals surface area contributed by atoms with Crippen LogP contribution in [0, 0.1) is 25.2 Å². The second kappa shape index (κ2) is 19.9. The van der Waals surface area contributed by atoms with Gasteiger partial charge in [0, 0.05) is 35.3 Å². The van der Waals surface area contributed by atoms with Gasteiger partial charge in [0.2, 0.25) is 0 Å². The summed E-state index contributed by atoms with van der Waals surface area (Å²) in [5.41, 5.74) is 23.8. The number of pyridine rings is 3. The molecule has 0 unspecified atom stereocenters. The van der Waals surface area contributed by atoms with E-state index in [-0.39, 0.29) is 0 Å². The molecule has 0 fully saturated rings. The van der Waals surface area contributed by atoms with E-state index >= 15 is 0 Å². The summed E-state index contributed by atoms with van der Waals surface area (Å²) in [6.45, 7) is 4.22. The van der Waals surface area contributed by atoms with Crippen LogP contribution in [0.25, 0.3) is 78.3 Å². The predicted octanol–water partition coefficient (Wildman–Crippen LogP) is 15.6. The number of hydrogen-bond donors (Lipinski definition) is 0. The van der Waals surface area contributed by atoms with Crippen molar-refractivity contribution in [2.75, 3.05) is 0 Å². The highest BCUT2D eigenvalue weighted by Gasteiger charge is 2.16. The van der Waals surface area contributed by atoms with Gasteiger partial charge in [-0.2, -0.15) is 5.26 Å². The summed E-state index contributed by atoms with van der Waals surface area (Å²) in [7, 11) is 0. The minimum absolute atomic E-state index is 0.654. The topological polar surface area (TPSA) is 62.5 Å². The van der Waals surface area contributed by atoms with Crippen LogP contribution in [-0.4, -0.2) is 15.0 Å². The lowest BCUT2D eigenvalue weighted by molar-refractivity contribution is 0.931. The van der Waals surface area contributed by atoms with E-state index in [9.17, 15) is 5.26 Å². The van der Waals surface area contributed by atoms with Crippen LogP contribution < -0.4 is 0 Å². The van der Waals surface area contributed by atoms with E-state index in [2.05, 4.69) is 182 Å². The summed E-state index contributed by atoms with van der Waals surface area (Å²) in [6, 6.07) is 73.9. The van der Waals surface area contributed by atoms with Crippen LogP contribution in [0.1, 0.15) is 38.9 Å². The SMILES string of the molecule is Cc1ccnc(-c2ccc(CCc3cc(CCc4ccc(-c5cc(C)ccn5)cc4)cc(-c4ccccc4-c4ccc(-c5ccccn5)cc4-c4ccc(-c5ccc(C#N)cc5)cc4)c3)cc2)c1. The van der Waals surface area contributed by atoms with Crippen molar-refractivity contribution in [2.24, 2.45) is 0 Å². The summed E-state index contributed by atoms with van der Waals surface area (Å²) < 4.78 is 0. The van der Waals surface area contributed by atoms with Crippen LogP contribution in [-0.2, 0) is 25.7 Å². The van der Waals surface area contributed by atoms with Gasteiger partial charge in [0.25, 0.3) is 0 Å². The molecule has 10 aromatic rings. The fourth-order valence-electron chi connectivity index (χ4n) is 9.12. The lowest BCUT2D eigenvalue weighted by Gasteiger charge is -2.18. The number of aromatic nitrogens is 3. The molecule has 4 heteroatoms. The summed E-state index contributed by atoms with van der Waals surface area (Å²) in [5, 5.41) is 9.37. The maximum atomic E-state index is 9.37. The average Bonchev–Trinajstić information content (AvgIpc) is 3.40. The molecular formula is C64H50N4. The van der Waals surface area contributed by atoms with E-state index in [1.165, 1.54) is 50.1 Å². The molecule has 3 heterocycles. The zero-order valence-electron chi connectivity index (χ0n) is 38.4. The maximum Gasteiger partial charge on any atom is 0.0991 e. The van der Waals surface area contributed by atoms with Crippen molar-refractivity contribution >= 4 is 0 Å². The first-order valence-electron chi connectivity index (χ1n) is 23.4. The number of nitriles is 1. The van der Waals surface area contributed by atoms with Gasteiger partial charge < -0.3 is 0 Å². The van der Waals surface area contributed by atoms with Gasteiger partial charge in [-0.15, -0.1) is 0 Å². The normalized spacial score (nSPS) is 11.0. The van der Waals surface area contributed by atoms with Gasteiger partial charge in [-0.25, -0.2) is 0 Å². The number of hydrogen-bond acceptors (Lipinski definition) is 4. The van der Waals surface area contributed by atoms with E-state index in [1.54, 1.807) is 0 Å². The van der Waals surface area contributed by atoms with Crippen LogP contribution in [0.5, 0.6) is 0 Å². The fraction of sp³-hybridized carbons (Fsp3) is 0.0938. The molecule has 0 spiro atoms. The third-order valence-electron chi connectivity index (χ3n) is 12.8. The molecule has 0 radical (unpaired) electrons. The zero-order valence-corrected chi connectivity index (χ0v) is 38.4. The molecule has 7 aromatic carbocycles. The van der Waals surface area contributed by atoms with E-state index in [1.807, 2.05) is 67.1 Å². The first-order chi connectivity index (χ1) is 33.4. The molecule has 0 N–H and O–H groups in total. The van der Waals surface area contributed by atoms with Crippen LogP contribution in [0.4, 0.5) is 0 Å². The Labute approximate surface area is 400 Å². The van der Waals surface area contributed by atoms with Crippen molar-refractivity contribution in [2.45, 2.75) is 39.5 Å². The first kappa shape index (κ1) is 43.4. The Kier molecular flexibility index (Phi) is 12.7. The molecule has 0 aliphatic carbocycles. The van der Waals surface area contributed by atoms with Crippen LogP contribution in [0.15, 0.2) is 219 Å². The van der Waals surface area contributed by atoms with Crippen molar-refractivity contribution in [3.8, 4) is 84.3 Å². The third-order valence-corrected chi connectivity index (χ3v) is 12.8. The van der Waals surface area contributed by atoms with Gasteiger partial charge in [-0.1, -0.05) is 146 Å². The van der Waals surface area contributed by atoms with Crippen LogP contribution in [0.3, 0.4) is 0 Å². The van der Waals surface area contributed by atoms with Crippen molar-refractivity contribution < 1.29 is 0 Å². The average molecular weight is 875 g/mol. The predicted molar refractivity (Wildman–Crippen MR) is 280 cm³/mol. The van der Waals surface area contributed by atoms with E-state index in [0.717, 1.165) is 87.3 Å². The van der Waals surface area contributed by atoms with Crippen molar-refractivity contribution in [3.05, 3.63) is 258 Å². The molecule has 10 rings (SSSR count). The van der Waals surface area contributed by atoms with E-state index in [0.29, 0.717) is 5.56 Å². The highest BCUT2D eigenvalue weighted by atomic mass is 14.7. The highest BCUT2D eigenvalue weighted by Crippen LogP contribution is 2.41. The Bertz CT molecular complexity index is 3270. The Balaban J connectivity index is 1.01. The smallest absolute Gasteiger partial charge is 0.0991 e. The molecular weight excluding hydrogens is 825 g/mol. The molecule has 68 heavy (non-hydrogen) atoms. The Morgan fingerprint density at radius 2 is 0.794 bits per heavy atom. The molecule has 0 aliphatic heterocycles. The lowest BCUT2D eigenvalue weighted by atomic mass is 9.86. The zero-order chi connectivity index (χ0) is 46.2. The third kappa shape index (κ3) is 9.99. The molecule has 0 aliphatic rings. The molecule has 0 bridgehead atoms. The first-order valence-corrected chi connectivity index (χ1v) is 23.4. The van der Waals surface area contributed by atoms with Crippen molar-refractivity contribution in [3.63, 3.8) is 0 Å². The molecule has 0 amide bonds. The number of nitrogens with zero attached hydrogens (tertiary/aromatic N) is 4. The highest BCUT2D eigenvalue weighted by molar-refractivity contribution is 5.94. The van der Waals surface area contributed by atoms with Gasteiger partial charge in [0.15, 0.2) is 0 Å². The molecule has 4 nitrogen and oxygen atoms in total. The Hall–Kier alpha value is -8.52. The lowest BCUT2D eigenvalue weighted by Crippen LogP contribution is -1.98. The maximum absolute atomic E-state index is 9.37. The van der Waals surface area contributed by atoms with Gasteiger partial charge in [-0.05, 0) is 172 Å². The van der Waals surface area contributed by atoms with Gasteiger partial charge in [0.05, 0.1) is 28.7 Å². The molecule has 3 aromatic heterocycles.